The van der Waals surface area contributed by atoms with Gasteiger partial charge in [0.1, 0.15) is 0 Å². The Hall–Kier alpha value is 0.742. The van der Waals surface area contributed by atoms with Crippen molar-refractivity contribution in [1.82, 2.24) is 0 Å². The minimum atomic E-state index is 0. The van der Waals surface area contributed by atoms with E-state index in [4.69, 9.17) is 0 Å². The standard InChI is InChI=1S/Al.ClH2.2O/h;1H2;;/q+3;+1;2*-2. The Morgan fingerprint density at radius 3 is 0.750 bits per heavy atom. The van der Waals surface area contributed by atoms with Crippen LogP contribution >= 0.6 is 0 Å². The maximum atomic E-state index is 0. The molecule has 0 aromatic rings. The minimum absolute atomic E-state index is 0. The summed E-state index contributed by atoms with van der Waals surface area (Å²) < 4.78 is 0. The monoisotopic (exact) mass is 96.0 g/mol. The van der Waals surface area contributed by atoms with Gasteiger partial charge in [0.05, 0.1) is 12.4 Å². The largest absolute Gasteiger partial charge is 3.00 e. The summed E-state index contributed by atoms with van der Waals surface area (Å²) in [5.74, 6) is 0. The smallest absolute Gasteiger partial charge is 2.00 e. The third-order valence-electron chi connectivity index (χ3n) is 0. The van der Waals surface area contributed by atoms with E-state index in [9.17, 15) is 0 Å². The van der Waals surface area contributed by atoms with Crippen molar-refractivity contribution in [2.24, 2.45) is 0 Å². The van der Waals surface area contributed by atoms with Gasteiger partial charge in [-0.05, 0) is 0 Å². The van der Waals surface area contributed by atoms with Gasteiger partial charge in [0.25, 0.3) is 0 Å². The molecule has 0 aliphatic rings. The first-order valence-corrected chi connectivity index (χ1v) is 0. The number of rotatable bonds is 0. The molecular weight excluding hydrogens is 94.4 g/mol. The van der Waals surface area contributed by atoms with Gasteiger partial charge in [-0.25, -0.2) is 0 Å². The Balaban J connectivity index is 0. The molecule has 0 fully saturated rings. The molecule has 0 aliphatic heterocycles. The molecule has 0 amide bonds. The normalized spacial score (nSPS) is 0. The molecule has 0 aromatic heterocycles. The molecule has 0 bridgehead atoms. The van der Waals surface area contributed by atoms with E-state index >= 15 is 0 Å². The zero-order chi connectivity index (χ0) is 0. The maximum Gasteiger partial charge on any atom is 3.00 e. The van der Waals surface area contributed by atoms with Gasteiger partial charge in [0.2, 0.25) is 0 Å². The van der Waals surface area contributed by atoms with Crippen LogP contribution in [0.4, 0.5) is 0 Å². The van der Waals surface area contributed by atoms with Gasteiger partial charge < -0.3 is 11.0 Å². The van der Waals surface area contributed by atoms with E-state index < -0.39 is 0 Å². The molecular formula is H2AlClO2. The Kier molecular flexibility index (Phi) is 1540. The summed E-state index contributed by atoms with van der Waals surface area (Å²) in [6.07, 6.45) is 0. The van der Waals surface area contributed by atoms with E-state index in [2.05, 4.69) is 0 Å². The van der Waals surface area contributed by atoms with Crippen molar-refractivity contribution in [3.63, 3.8) is 0 Å². The molecule has 0 aliphatic carbocycles. The van der Waals surface area contributed by atoms with Crippen molar-refractivity contribution in [3.05, 3.63) is 0 Å². The Morgan fingerprint density at radius 1 is 0.750 bits per heavy atom. The number of halogens is 1. The second-order valence-electron chi connectivity index (χ2n) is 0. The van der Waals surface area contributed by atoms with E-state index in [1.807, 2.05) is 0 Å². The third kappa shape index (κ3) is 15.1. The summed E-state index contributed by atoms with van der Waals surface area (Å²) >= 11 is 0. The van der Waals surface area contributed by atoms with Gasteiger partial charge >= 0.3 is 17.4 Å². The molecule has 0 saturated carbocycles. The second kappa shape index (κ2) is 51.1. The number of hydrogen-bond acceptors (Lipinski definition) is 0. The first-order chi connectivity index (χ1) is 0. The average Bonchev–Trinajstić information content (AvgIpc) is 0. The van der Waals surface area contributed by atoms with E-state index in [0.717, 1.165) is 0 Å². The zero-order valence-electron chi connectivity index (χ0n) is 1.84. The van der Waals surface area contributed by atoms with Crippen molar-refractivity contribution < 1.29 is 23.4 Å². The summed E-state index contributed by atoms with van der Waals surface area (Å²) in [6, 6.07) is 0. The van der Waals surface area contributed by atoms with Crippen LogP contribution in [0.25, 0.3) is 0 Å². The van der Waals surface area contributed by atoms with Crippen molar-refractivity contribution in [2.75, 3.05) is 0 Å². The molecule has 24 valence electrons. The summed E-state index contributed by atoms with van der Waals surface area (Å²) in [5, 5.41) is 0. The van der Waals surface area contributed by atoms with Crippen LogP contribution in [0.15, 0.2) is 0 Å². The van der Waals surface area contributed by atoms with Crippen LogP contribution in [-0.2, 0) is 11.0 Å². The zero-order valence-corrected chi connectivity index (χ0v) is 3.89. The van der Waals surface area contributed by atoms with Crippen LogP contribution < -0.4 is 0 Å². The van der Waals surface area contributed by atoms with Gasteiger partial charge in [0, 0.05) is 0 Å². The Bertz CT molecular complexity index is 6.00. The minimum Gasteiger partial charge on any atom is -2.00 e. The first-order valence-electron chi connectivity index (χ1n) is 0. The molecule has 0 radical (unpaired) electrons. The predicted octanol–water partition coefficient (Wildman–Crippen LogP) is -1.15. The van der Waals surface area contributed by atoms with E-state index in [1.54, 1.807) is 0 Å². The molecule has 0 spiro atoms. The third-order valence-corrected chi connectivity index (χ3v) is 0. The van der Waals surface area contributed by atoms with Crippen LogP contribution in [0.2, 0.25) is 0 Å². The molecule has 4 heteroatoms. The topological polar surface area (TPSA) is 57.0 Å². The molecule has 0 saturated heterocycles. The Labute approximate surface area is 41.4 Å². The van der Waals surface area contributed by atoms with Crippen molar-refractivity contribution in [1.29, 1.82) is 0 Å². The fourth-order valence-corrected chi connectivity index (χ4v) is 0. The van der Waals surface area contributed by atoms with Gasteiger partial charge in [-0.2, -0.15) is 0 Å². The van der Waals surface area contributed by atoms with Crippen LogP contribution in [-0.4, -0.2) is 17.4 Å². The van der Waals surface area contributed by atoms with Gasteiger partial charge in [-0.1, -0.05) is 0 Å². The van der Waals surface area contributed by atoms with Crippen molar-refractivity contribution in [2.45, 2.75) is 0 Å². The van der Waals surface area contributed by atoms with Crippen molar-refractivity contribution >= 4 is 17.4 Å². The van der Waals surface area contributed by atoms with Crippen LogP contribution in [0.1, 0.15) is 0 Å². The fourth-order valence-electron chi connectivity index (χ4n) is 0. The van der Waals surface area contributed by atoms with E-state index in [0.29, 0.717) is 0 Å². The summed E-state index contributed by atoms with van der Waals surface area (Å²) in [5.41, 5.74) is 0. The SMILES string of the molecule is [Al+3].[ClH2+].[O-2].[O-2]. The quantitative estimate of drug-likeness (QED) is 0.342. The molecule has 4 heavy (non-hydrogen) atoms. The van der Waals surface area contributed by atoms with Gasteiger partial charge in [-0.15, -0.1) is 0 Å². The molecule has 0 unspecified atom stereocenters. The predicted molar refractivity (Wildman–Crippen MR) is 9.92 cm³/mol. The second-order valence-corrected chi connectivity index (χ2v) is 0. The number of hydrogen-bond donors (Lipinski definition) is 0. The molecule has 0 aromatic carbocycles. The van der Waals surface area contributed by atoms with Gasteiger partial charge in [-0.3, -0.25) is 0 Å². The summed E-state index contributed by atoms with van der Waals surface area (Å²) in [4.78, 5) is 0. The molecule has 0 atom stereocenters. The van der Waals surface area contributed by atoms with Crippen LogP contribution in [0, 0.1) is 12.4 Å². The summed E-state index contributed by atoms with van der Waals surface area (Å²) in [6.45, 7) is 0. The Morgan fingerprint density at radius 2 is 0.750 bits per heavy atom. The molecule has 2 nitrogen and oxygen atoms in total. The average molecular weight is 96.4 g/mol. The summed E-state index contributed by atoms with van der Waals surface area (Å²) in [7, 11) is 0. The molecule has 0 heterocycles. The van der Waals surface area contributed by atoms with Crippen LogP contribution in [0.3, 0.4) is 0 Å². The maximum absolute atomic E-state index is 0. The molecule has 0 N–H and O–H groups in total. The van der Waals surface area contributed by atoms with Crippen LogP contribution in [0.5, 0.6) is 0 Å². The van der Waals surface area contributed by atoms with Gasteiger partial charge in [0.15, 0.2) is 0 Å². The fraction of sp³-hybridized carbons (Fsp3) is 0. The van der Waals surface area contributed by atoms with E-state index in [-0.39, 0.29) is 40.7 Å². The van der Waals surface area contributed by atoms with E-state index in [1.165, 1.54) is 0 Å². The first kappa shape index (κ1) is 120. The van der Waals surface area contributed by atoms with Crippen molar-refractivity contribution in [3.8, 4) is 0 Å². The molecule has 0 rings (SSSR count).